The van der Waals surface area contributed by atoms with Crippen molar-refractivity contribution in [2.45, 2.75) is 32.2 Å². The van der Waals surface area contributed by atoms with E-state index in [0.29, 0.717) is 6.04 Å². The second-order valence-electron chi connectivity index (χ2n) is 4.65. The molecule has 1 aliphatic heterocycles. The summed E-state index contributed by atoms with van der Waals surface area (Å²) in [5.41, 5.74) is 0. The van der Waals surface area contributed by atoms with Crippen molar-refractivity contribution >= 4 is 0 Å². The van der Waals surface area contributed by atoms with Crippen LogP contribution in [0, 0.1) is 0 Å². The Morgan fingerprint density at radius 2 is 2.00 bits per heavy atom. The summed E-state index contributed by atoms with van der Waals surface area (Å²) in [6.45, 7) is 8.46. The lowest BCUT2D eigenvalue weighted by Crippen LogP contribution is -2.42. The molecule has 0 aliphatic carbocycles. The lowest BCUT2D eigenvalue weighted by molar-refractivity contribution is 0.199. The van der Waals surface area contributed by atoms with E-state index in [-0.39, 0.29) is 0 Å². The SMILES string of the molecule is CCC(CNC)N(C)CCN1CCCC1. The molecule has 15 heavy (non-hydrogen) atoms. The van der Waals surface area contributed by atoms with Gasteiger partial charge >= 0.3 is 0 Å². The summed E-state index contributed by atoms with van der Waals surface area (Å²) in [6, 6.07) is 0.692. The first-order valence-corrected chi connectivity index (χ1v) is 6.35. The van der Waals surface area contributed by atoms with E-state index in [1.54, 1.807) is 0 Å². The van der Waals surface area contributed by atoms with Crippen molar-refractivity contribution < 1.29 is 0 Å². The lowest BCUT2D eigenvalue weighted by atomic mass is 10.2. The second-order valence-corrected chi connectivity index (χ2v) is 4.65. The fourth-order valence-electron chi connectivity index (χ4n) is 2.34. The van der Waals surface area contributed by atoms with E-state index in [1.165, 1.54) is 45.4 Å². The number of nitrogens with one attached hydrogen (secondary N) is 1. The third kappa shape index (κ3) is 4.49. The van der Waals surface area contributed by atoms with Gasteiger partial charge in [0.2, 0.25) is 0 Å². The summed E-state index contributed by atoms with van der Waals surface area (Å²) < 4.78 is 0. The molecule has 0 aromatic heterocycles. The van der Waals surface area contributed by atoms with Crippen molar-refractivity contribution in [2.75, 3.05) is 46.8 Å². The van der Waals surface area contributed by atoms with Crippen LogP contribution in [0.2, 0.25) is 0 Å². The molecule has 1 rings (SSSR count). The van der Waals surface area contributed by atoms with Gasteiger partial charge in [0.25, 0.3) is 0 Å². The third-order valence-electron chi connectivity index (χ3n) is 3.50. The van der Waals surface area contributed by atoms with Gasteiger partial charge in [0.05, 0.1) is 0 Å². The molecule has 0 saturated carbocycles. The first kappa shape index (κ1) is 12.9. The topological polar surface area (TPSA) is 18.5 Å². The maximum absolute atomic E-state index is 3.27. The van der Waals surface area contributed by atoms with Crippen LogP contribution in [-0.2, 0) is 0 Å². The third-order valence-corrected chi connectivity index (χ3v) is 3.50. The summed E-state index contributed by atoms with van der Waals surface area (Å²) in [6.07, 6.45) is 4.03. The highest BCUT2D eigenvalue weighted by Crippen LogP contribution is 2.07. The zero-order valence-corrected chi connectivity index (χ0v) is 10.6. The normalized spacial score (nSPS) is 20.0. The minimum Gasteiger partial charge on any atom is -0.318 e. The summed E-state index contributed by atoms with van der Waals surface area (Å²) in [4.78, 5) is 5.08. The van der Waals surface area contributed by atoms with Crippen LogP contribution < -0.4 is 5.32 Å². The Bertz CT molecular complexity index is 155. The maximum Gasteiger partial charge on any atom is 0.0215 e. The molecule has 1 heterocycles. The van der Waals surface area contributed by atoms with Crippen LogP contribution in [0.15, 0.2) is 0 Å². The summed E-state index contributed by atoms with van der Waals surface area (Å²) in [5.74, 6) is 0. The van der Waals surface area contributed by atoms with Crippen LogP contribution in [0.3, 0.4) is 0 Å². The Hall–Kier alpha value is -0.120. The van der Waals surface area contributed by atoms with Crippen molar-refractivity contribution in [2.24, 2.45) is 0 Å². The number of nitrogens with zero attached hydrogens (tertiary/aromatic N) is 2. The van der Waals surface area contributed by atoms with Gasteiger partial charge in [-0.25, -0.2) is 0 Å². The summed E-state index contributed by atoms with van der Waals surface area (Å²) in [7, 11) is 4.29. The van der Waals surface area contributed by atoms with Crippen LogP contribution in [0.5, 0.6) is 0 Å². The highest BCUT2D eigenvalue weighted by Gasteiger charge is 2.15. The minimum absolute atomic E-state index is 0.692. The number of likely N-dealkylation sites (tertiary alicyclic amines) is 1. The van der Waals surface area contributed by atoms with E-state index in [4.69, 9.17) is 0 Å². The Morgan fingerprint density at radius 1 is 1.33 bits per heavy atom. The number of hydrogen-bond acceptors (Lipinski definition) is 3. The van der Waals surface area contributed by atoms with Gasteiger partial charge in [0.1, 0.15) is 0 Å². The monoisotopic (exact) mass is 213 g/mol. The van der Waals surface area contributed by atoms with E-state index in [2.05, 4.69) is 29.1 Å². The van der Waals surface area contributed by atoms with E-state index < -0.39 is 0 Å². The predicted octanol–water partition coefficient (Wildman–Crippen LogP) is 1.01. The first-order valence-electron chi connectivity index (χ1n) is 6.35. The smallest absolute Gasteiger partial charge is 0.0215 e. The van der Waals surface area contributed by atoms with Crippen LogP contribution in [0.25, 0.3) is 0 Å². The number of likely N-dealkylation sites (N-methyl/N-ethyl adjacent to an activating group) is 2. The van der Waals surface area contributed by atoms with Crippen molar-refractivity contribution in [1.29, 1.82) is 0 Å². The molecule has 1 aliphatic rings. The average molecular weight is 213 g/mol. The first-order chi connectivity index (χ1) is 7.27. The van der Waals surface area contributed by atoms with Gasteiger partial charge in [-0.2, -0.15) is 0 Å². The molecule has 0 radical (unpaired) electrons. The predicted molar refractivity (Wildman–Crippen MR) is 66.3 cm³/mol. The molecule has 0 aromatic carbocycles. The molecular formula is C12H27N3. The molecule has 3 heteroatoms. The van der Waals surface area contributed by atoms with Crippen LogP contribution >= 0.6 is 0 Å². The number of hydrogen-bond donors (Lipinski definition) is 1. The van der Waals surface area contributed by atoms with Gasteiger partial charge in [0, 0.05) is 25.7 Å². The van der Waals surface area contributed by atoms with Gasteiger partial charge in [0.15, 0.2) is 0 Å². The maximum atomic E-state index is 3.27. The Kier molecular flexibility index (Phi) is 6.22. The van der Waals surface area contributed by atoms with E-state index in [0.717, 1.165) is 6.54 Å². The van der Waals surface area contributed by atoms with E-state index >= 15 is 0 Å². The quantitative estimate of drug-likeness (QED) is 0.681. The standard InChI is InChI=1S/C12H27N3/c1-4-12(11-13-2)14(3)9-10-15-7-5-6-8-15/h12-13H,4-11H2,1-3H3. The minimum atomic E-state index is 0.692. The molecule has 0 bridgehead atoms. The Balaban J connectivity index is 2.17. The number of rotatable bonds is 7. The molecular weight excluding hydrogens is 186 g/mol. The Labute approximate surface area is 94.8 Å². The molecule has 1 fully saturated rings. The molecule has 0 aromatic rings. The van der Waals surface area contributed by atoms with Crippen molar-refractivity contribution in [3.63, 3.8) is 0 Å². The van der Waals surface area contributed by atoms with Gasteiger partial charge in [-0.05, 0) is 46.4 Å². The van der Waals surface area contributed by atoms with E-state index in [1.807, 2.05) is 7.05 Å². The summed E-state index contributed by atoms with van der Waals surface area (Å²) >= 11 is 0. The van der Waals surface area contributed by atoms with E-state index in [9.17, 15) is 0 Å². The highest BCUT2D eigenvalue weighted by atomic mass is 15.2. The van der Waals surface area contributed by atoms with Crippen LogP contribution in [0.4, 0.5) is 0 Å². The molecule has 1 N–H and O–H groups in total. The van der Waals surface area contributed by atoms with Crippen LogP contribution in [0.1, 0.15) is 26.2 Å². The molecule has 0 amide bonds. The lowest BCUT2D eigenvalue weighted by Gasteiger charge is -2.28. The van der Waals surface area contributed by atoms with Crippen molar-refractivity contribution in [3.05, 3.63) is 0 Å². The molecule has 1 atom stereocenters. The highest BCUT2D eigenvalue weighted by molar-refractivity contribution is 4.72. The molecule has 3 nitrogen and oxygen atoms in total. The second kappa shape index (κ2) is 7.20. The zero-order valence-electron chi connectivity index (χ0n) is 10.6. The van der Waals surface area contributed by atoms with Gasteiger partial charge in [-0.1, -0.05) is 6.92 Å². The average Bonchev–Trinajstić information content (AvgIpc) is 2.75. The Morgan fingerprint density at radius 3 is 2.53 bits per heavy atom. The summed E-state index contributed by atoms with van der Waals surface area (Å²) in [5, 5.41) is 3.27. The molecule has 90 valence electrons. The van der Waals surface area contributed by atoms with Crippen molar-refractivity contribution in [3.8, 4) is 0 Å². The molecule has 1 saturated heterocycles. The largest absolute Gasteiger partial charge is 0.318 e. The van der Waals surface area contributed by atoms with Gasteiger partial charge in [-0.15, -0.1) is 0 Å². The fourth-order valence-corrected chi connectivity index (χ4v) is 2.34. The van der Waals surface area contributed by atoms with Gasteiger partial charge in [-0.3, -0.25) is 0 Å². The van der Waals surface area contributed by atoms with Crippen LogP contribution in [-0.4, -0.2) is 62.7 Å². The van der Waals surface area contributed by atoms with Gasteiger partial charge < -0.3 is 15.1 Å². The zero-order chi connectivity index (χ0) is 11.1. The molecule has 0 spiro atoms. The molecule has 1 unspecified atom stereocenters. The fraction of sp³-hybridized carbons (Fsp3) is 1.00. The van der Waals surface area contributed by atoms with Crippen molar-refractivity contribution in [1.82, 2.24) is 15.1 Å².